The van der Waals surface area contributed by atoms with Crippen LogP contribution in [-0.4, -0.2) is 22.6 Å². The summed E-state index contributed by atoms with van der Waals surface area (Å²) in [5.74, 6) is 5.50. The number of aryl methyl sites for hydroxylation is 1. The van der Waals surface area contributed by atoms with Gasteiger partial charge >= 0.3 is 0 Å². The number of carbonyl (C=O) groups excluding carboxylic acids is 2. The standard InChI is InChI=1S/C15H19N5O2S/c1-9-7-14(23-19-9)18-13-8-11(3-4-12(13)15(16)22)20(17)10(2)5-6-21/h3-4,6-8,10,18H,5,17H2,1-2H3,(H2,16,22). The second kappa shape index (κ2) is 7.21. The number of aldehydes is 1. The summed E-state index contributed by atoms with van der Waals surface area (Å²) in [4.78, 5) is 22.3. The summed E-state index contributed by atoms with van der Waals surface area (Å²) in [6.45, 7) is 3.73. The van der Waals surface area contributed by atoms with Crippen LogP contribution in [0.3, 0.4) is 0 Å². The monoisotopic (exact) mass is 333 g/mol. The molecule has 0 radical (unpaired) electrons. The van der Waals surface area contributed by atoms with E-state index in [1.165, 1.54) is 16.5 Å². The number of amides is 1. The van der Waals surface area contributed by atoms with Crippen LogP contribution in [0.25, 0.3) is 0 Å². The molecule has 122 valence electrons. The van der Waals surface area contributed by atoms with Crippen molar-refractivity contribution in [3.8, 4) is 0 Å². The maximum atomic E-state index is 11.6. The molecule has 1 aromatic heterocycles. The summed E-state index contributed by atoms with van der Waals surface area (Å²) < 4.78 is 4.19. The summed E-state index contributed by atoms with van der Waals surface area (Å²) in [5, 5.41) is 5.43. The number of rotatable bonds is 7. The zero-order valence-corrected chi connectivity index (χ0v) is 13.8. The summed E-state index contributed by atoms with van der Waals surface area (Å²) in [6, 6.07) is 6.75. The molecule has 0 aliphatic heterocycles. The second-order valence-electron chi connectivity index (χ2n) is 5.21. The van der Waals surface area contributed by atoms with Gasteiger partial charge in [0.25, 0.3) is 5.91 Å². The Kier molecular flexibility index (Phi) is 5.30. The molecule has 1 amide bonds. The molecule has 0 aliphatic carbocycles. The Morgan fingerprint density at radius 3 is 2.78 bits per heavy atom. The number of primary amides is 1. The normalized spacial score (nSPS) is 11.8. The fourth-order valence-corrected chi connectivity index (χ4v) is 2.75. The van der Waals surface area contributed by atoms with E-state index in [0.29, 0.717) is 23.4 Å². The molecular formula is C15H19N5O2S. The van der Waals surface area contributed by atoms with Crippen LogP contribution in [0.5, 0.6) is 0 Å². The van der Waals surface area contributed by atoms with E-state index in [2.05, 4.69) is 9.69 Å². The van der Waals surface area contributed by atoms with Crippen molar-refractivity contribution >= 4 is 40.1 Å². The Morgan fingerprint density at radius 1 is 1.48 bits per heavy atom. The van der Waals surface area contributed by atoms with Crippen molar-refractivity contribution in [3.63, 3.8) is 0 Å². The molecule has 5 N–H and O–H groups in total. The lowest BCUT2D eigenvalue weighted by atomic mass is 10.1. The van der Waals surface area contributed by atoms with Gasteiger partial charge in [0.15, 0.2) is 0 Å². The molecule has 23 heavy (non-hydrogen) atoms. The van der Waals surface area contributed by atoms with Gasteiger partial charge in [-0.2, -0.15) is 4.37 Å². The van der Waals surface area contributed by atoms with Crippen LogP contribution in [0.2, 0.25) is 0 Å². The molecule has 0 fully saturated rings. The minimum Gasteiger partial charge on any atom is -0.366 e. The summed E-state index contributed by atoms with van der Waals surface area (Å²) in [6.07, 6.45) is 1.13. The molecule has 0 bridgehead atoms. The number of aromatic nitrogens is 1. The Balaban J connectivity index is 2.35. The molecule has 0 saturated carbocycles. The number of hydrazine groups is 1. The van der Waals surface area contributed by atoms with Crippen LogP contribution in [0.1, 0.15) is 29.4 Å². The lowest BCUT2D eigenvalue weighted by Gasteiger charge is -2.25. The second-order valence-corrected chi connectivity index (χ2v) is 6.02. The largest absolute Gasteiger partial charge is 0.366 e. The highest BCUT2D eigenvalue weighted by molar-refractivity contribution is 7.10. The van der Waals surface area contributed by atoms with Crippen LogP contribution in [0.15, 0.2) is 24.3 Å². The molecule has 1 aromatic carbocycles. The van der Waals surface area contributed by atoms with Gasteiger partial charge in [0.05, 0.1) is 22.6 Å². The maximum absolute atomic E-state index is 11.6. The highest BCUT2D eigenvalue weighted by Crippen LogP contribution is 2.28. The molecule has 0 spiro atoms. The van der Waals surface area contributed by atoms with E-state index in [1.54, 1.807) is 18.2 Å². The Bertz CT molecular complexity index is 716. The van der Waals surface area contributed by atoms with E-state index < -0.39 is 5.91 Å². The predicted molar refractivity (Wildman–Crippen MR) is 91.9 cm³/mol. The van der Waals surface area contributed by atoms with Crippen molar-refractivity contribution < 1.29 is 9.59 Å². The fraction of sp³-hybridized carbons (Fsp3) is 0.267. The van der Waals surface area contributed by atoms with Gasteiger partial charge in [-0.3, -0.25) is 4.79 Å². The third kappa shape index (κ3) is 4.05. The van der Waals surface area contributed by atoms with Crippen molar-refractivity contribution in [2.75, 3.05) is 10.3 Å². The number of nitrogens with zero attached hydrogens (tertiary/aromatic N) is 2. The smallest absolute Gasteiger partial charge is 0.250 e. The van der Waals surface area contributed by atoms with Gasteiger partial charge < -0.3 is 20.9 Å². The van der Waals surface area contributed by atoms with Crippen LogP contribution in [0, 0.1) is 6.92 Å². The topological polar surface area (TPSA) is 114 Å². The van der Waals surface area contributed by atoms with Crippen LogP contribution >= 0.6 is 11.5 Å². The minimum absolute atomic E-state index is 0.162. The van der Waals surface area contributed by atoms with Crippen LogP contribution in [-0.2, 0) is 4.79 Å². The molecule has 1 atom stereocenters. The van der Waals surface area contributed by atoms with Crippen molar-refractivity contribution in [2.45, 2.75) is 26.3 Å². The molecule has 1 heterocycles. The van der Waals surface area contributed by atoms with E-state index in [-0.39, 0.29) is 6.04 Å². The van der Waals surface area contributed by atoms with E-state index in [0.717, 1.165) is 17.0 Å². The molecule has 2 rings (SSSR count). The predicted octanol–water partition coefficient (Wildman–Crippen LogP) is 1.95. The van der Waals surface area contributed by atoms with Gasteiger partial charge in [0, 0.05) is 12.5 Å². The summed E-state index contributed by atoms with van der Waals surface area (Å²) in [5.41, 5.74) is 7.89. The molecule has 2 aromatic rings. The maximum Gasteiger partial charge on any atom is 0.250 e. The number of hydrogen-bond donors (Lipinski definition) is 3. The van der Waals surface area contributed by atoms with Crippen LogP contribution in [0.4, 0.5) is 16.4 Å². The Labute approximate surface area is 138 Å². The molecule has 0 saturated heterocycles. The summed E-state index contributed by atoms with van der Waals surface area (Å²) in [7, 11) is 0. The fourth-order valence-electron chi connectivity index (χ4n) is 2.07. The SMILES string of the molecule is Cc1cc(Nc2cc(N(N)C(C)CC=O)ccc2C(N)=O)sn1. The van der Waals surface area contributed by atoms with Gasteiger partial charge in [0.1, 0.15) is 11.3 Å². The van der Waals surface area contributed by atoms with Gasteiger partial charge in [0.2, 0.25) is 0 Å². The number of nitrogens with one attached hydrogen (secondary N) is 1. The third-order valence-corrected chi connectivity index (χ3v) is 4.16. The van der Waals surface area contributed by atoms with Gasteiger partial charge in [-0.15, -0.1) is 0 Å². The van der Waals surface area contributed by atoms with E-state index >= 15 is 0 Å². The quantitative estimate of drug-likeness (QED) is 0.405. The first-order valence-electron chi connectivity index (χ1n) is 7.04. The Morgan fingerprint density at radius 2 is 2.22 bits per heavy atom. The van der Waals surface area contributed by atoms with Crippen molar-refractivity contribution in [1.29, 1.82) is 0 Å². The highest BCUT2D eigenvalue weighted by atomic mass is 32.1. The summed E-state index contributed by atoms with van der Waals surface area (Å²) >= 11 is 1.29. The zero-order chi connectivity index (χ0) is 17.0. The minimum atomic E-state index is -0.537. The molecule has 1 unspecified atom stereocenters. The highest BCUT2D eigenvalue weighted by Gasteiger charge is 2.15. The number of benzene rings is 1. The van der Waals surface area contributed by atoms with Gasteiger partial charge in [-0.05, 0) is 49.6 Å². The first-order chi connectivity index (χ1) is 10.9. The van der Waals surface area contributed by atoms with E-state index in [4.69, 9.17) is 11.6 Å². The third-order valence-electron chi connectivity index (χ3n) is 3.36. The molecule has 7 nitrogen and oxygen atoms in total. The van der Waals surface area contributed by atoms with Crippen molar-refractivity contribution in [3.05, 3.63) is 35.5 Å². The molecular weight excluding hydrogens is 314 g/mol. The molecule has 0 aliphatic rings. The van der Waals surface area contributed by atoms with Gasteiger partial charge in [-0.1, -0.05) is 0 Å². The lowest BCUT2D eigenvalue weighted by molar-refractivity contribution is -0.108. The van der Waals surface area contributed by atoms with E-state index in [1.807, 2.05) is 19.9 Å². The Hall–Kier alpha value is -2.45. The average molecular weight is 333 g/mol. The average Bonchev–Trinajstić information content (AvgIpc) is 2.91. The number of hydrogen-bond acceptors (Lipinski definition) is 7. The van der Waals surface area contributed by atoms with Crippen LogP contribution < -0.4 is 21.9 Å². The number of nitrogens with two attached hydrogens (primary N) is 2. The van der Waals surface area contributed by atoms with Crippen molar-refractivity contribution in [1.82, 2.24) is 4.37 Å². The first-order valence-corrected chi connectivity index (χ1v) is 7.81. The zero-order valence-electron chi connectivity index (χ0n) is 12.9. The number of anilines is 3. The van der Waals surface area contributed by atoms with E-state index in [9.17, 15) is 9.59 Å². The lowest BCUT2D eigenvalue weighted by Crippen LogP contribution is -2.39. The molecule has 8 heteroatoms. The number of carbonyl (C=O) groups is 2. The van der Waals surface area contributed by atoms with Crippen molar-refractivity contribution in [2.24, 2.45) is 11.6 Å². The first kappa shape index (κ1) is 16.9. The van der Waals surface area contributed by atoms with Gasteiger partial charge in [-0.25, -0.2) is 5.84 Å².